The molecule has 1 atom stereocenters. The summed E-state index contributed by atoms with van der Waals surface area (Å²) in [6.07, 6.45) is 0.855. The molecular formula is C21H21FN2O3S. The van der Waals surface area contributed by atoms with Gasteiger partial charge in [0.2, 0.25) is 0 Å². The molecule has 0 fully saturated rings. The number of benzene rings is 2. The van der Waals surface area contributed by atoms with Gasteiger partial charge in [-0.05, 0) is 18.2 Å². The zero-order valence-corrected chi connectivity index (χ0v) is 16.1. The number of fused-ring (bicyclic) bond motifs is 1. The first kappa shape index (κ1) is 20.3. The summed E-state index contributed by atoms with van der Waals surface area (Å²) in [6, 6.07) is 13.5. The van der Waals surface area contributed by atoms with Gasteiger partial charge in [-0.2, -0.15) is 0 Å². The average Bonchev–Trinajstić information content (AvgIpc) is 2.70. The first-order valence-corrected chi connectivity index (χ1v) is 9.81. The van der Waals surface area contributed by atoms with Gasteiger partial charge in [-0.1, -0.05) is 48.2 Å². The lowest BCUT2D eigenvalue weighted by molar-refractivity contribution is 0.0386. The predicted octanol–water partition coefficient (Wildman–Crippen LogP) is 3.39. The van der Waals surface area contributed by atoms with Gasteiger partial charge in [0.05, 0.1) is 30.2 Å². The number of para-hydroxylation sites is 1. The molecule has 7 heteroatoms. The van der Waals surface area contributed by atoms with E-state index < -0.39 is 6.10 Å². The number of ether oxygens (including phenoxy) is 1. The van der Waals surface area contributed by atoms with Gasteiger partial charge >= 0.3 is 0 Å². The second-order valence-electron chi connectivity index (χ2n) is 6.19. The summed E-state index contributed by atoms with van der Waals surface area (Å²) in [4.78, 5) is 17.2. The molecule has 5 nitrogen and oxygen atoms in total. The normalized spacial score (nSPS) is 12.2. The van der Waals surface area contributed by atoms with E-state index in [1.54, 1.807) is 42.5 Å². The number of thioether (sulfide) groups is 1. The number of hydrogen-bond donors (Lipinski definition) is 1. The summed E-state index contributed by atoms with van der Waals surface area (Å²) in [7, 11) is 0. The standard InChI is InChI=1S/C21H21FN2O3S/c1-2-11-24-20(26)17-8-4-6-10-19(17)23-21(24)28-14-16(25)13-27-12-15-7-3-5-9-18(15)22/h2-10,16,25H,1,11-14H2/t16-/m1/s1. The van der Waals surface area contributed by atoms with Crippen LogP contribution in [0.4, 0.5) is 4.39 Å². The Bertz CT molecular complexity index is 1020. The third kappa shape index (κ3) is 4.86. The van der Waals surface area contributed by atoms with E-state index in [1.165, 1.54) is 22.4 Å². The van der Waals surface area contributed by atoms with Crippen molar-refractivity contribution in [3.8, 4) is 0 Å². The van der Waals surface area contributed by atoms with Crippen LogP contribution < -0.4 is 5.56 Å². The van der Waals surface area contributed by atoms with E-state index in [0.29, 0.717) is 33.9 Å². The molecule has 1 heterocycles. The van der Waals surface area contributed by atoms with Crippen molar-refractivity contribution in [3.63, 3.8) is 0 Å². The molecule has 2 aromatic carbocycles. The van der Waals surface area contributed by atoms with Gasteiger partial charge in [-0.25, -0.2) is 9.37 Å². The molecule has 0 spiro atoms. The van der Waals surface area contributed by atoms with E-state index in [4.69, 9.17) is 4.74 Å². The first-order valence-electron chi connectivity index (χ1n) is 8.82. The van der Waals surface area contributed by atoms with Crippen LogP contribution in [0.25, 0.3) is 10.9 Å². The largest absolute Gasteiger partial charge is 0.390 e. The summed E-state index contributed by atoms with van der Waals surface area (Å²) < 4.78 is 20.5. The number of hydrogen-bond acceptors (Lipinski definition) is 5. The lowest BCUT2D eigenvalue weighted by Crippen LogP contribution is -2.24. The van der Waals surface area contributed by atoms with E-state index in [0.717, 1.165) is 0 Å². The minimum Gasteiger partial charge on any atom is -0.390 e. The molecular weight excluding hydrogens is 379 g/mol. The Balaban J connectivity index is 1.64. The predicted molar refractivity (Wildman–Crippen MR) is 109 cm³/mol. The molecule has 0 radical (unpaired) electrons. The summed E-state index contributed by atoms with van der Waals surface area (Å²) in [5, 5.41) is 11.2. The molecule has 3 rings (SSSR count). The molecule has 0 amide bonds. The number of aromatic nitrogens is 2. The number of rotatable bonds is 9. The van der Waals surface area contributed by atoms with Crippen LogP contribution in [-0.2, 0) is 17.9 Å². The fourth-order valence-electron chi connectivity index (χ4n) is 2.69. The van der Waals surface area contributed by atoms with E-state index in [2.05, 4.69) is 11.6 Å². The van der Waals surface area contributed by atoms with Crippen molar-refractivity contribution in [2.24, 2.45) is 0 Å². The van der Waals surface area contributed by atoms with Crippen LogP contribution in [0.2, 0.25) is 0 Å². The number of nitrogens with zero attached hydrogens (tertiary/aromatic N) is 2. The van der Waals surface area contributed by atoms with Crippen LogP contribution in [0, 0.1) is 5.82 Å². The lowest BCUT2D eigenvalue weighted by Gasteiger charge is -2.14. The smallest absolute Gasteiger partial charge is 0.262 e. The van der Waals surface area contributed by atoms with Crippen molar-refractivity contribution in [2.75, 3.05) is 12.4 Å². The van der Waals surface area contributed by atoms with Crippen LogP contribution in [-0.4, -0.2) is 33.1 Å². The van der Waals surface area contributed by atoms with Crippen LogP contribution in [0.5, 0.6) is 0 Å². The quantitative estimate of drug-likeness (QED) is 0.339. The zero-order valence-electron chi connectivity index (χ0n) is 15.3. The average molecular weight is 400 g/mol. The van der Waals surface area contributed by atoms with E-state index in [9.17, 15) is 14.3 Å². The van der Waals surface area contributed by atoms with E-state index in [1.807, 2.05) is 6.07 Å². The van der Waals surface area contributed by atoms with E-state index in [-0.39, 0.29) is 24.6 Å². The Morgan fingerprint density at radius 3 is 2.79 bits per heavy atom. The van der Waals surface area contributed by atoms with Crippen LogP contribution in [0.1, 0.15) is 5.56 Å². The number of aliphatic hydroxyl groups excluding tert-OH is 1. The van der Waals surface area contributed by atoms with Gasteiger partial charge < -0.3 is 9.84 Å². The van der Waals surface area contributed by atoms with Crippen LogP contribution >= 0.6 is 11.8 Å². The Kier molecular flexibility index (Phi) is 6.97. The van der Waals surface area contributed by atoms with Gasteiger partial charge in [0.25, 0.3) is 5.56 Å². The maximum absolute atomic E-state index is 13.6. The summed E-state index contributed by atoms with van der Waals surface area (Å²) in [6.45, 7) is 4.17. The highest BCUT2D eigenvalue weighted by Crippen LogP contribution is 2.19. The van der Waals surface area contributed by atoms with Crippen molar-refractivity contribution in [3.05, 3.63) is 82.9 Å². The number of allylic oxidation sites excluding steroid dienone is 1. The Morgan fingerprint density at radius 2 is 2.00 bits per heavy atom. The molecule has 0 aliphatic carbocycles. The highest BCUT2D eigenvalue weighted by atomic mass is 32.2. The zero-order chi connectivity index (χ0) is 19.9. The highest BCUT2D eigenvalue weighted by molar-refractivity contribution is 7.99. The molecule has 0 saturated carbocycles. The molecule has 1 aromatic heterocycles. The molecule has 0 unspecified atom stereocenters. The number of aliphatic hydroxyl groups is 1. The highest BCUT2D eigenvalue weighted by Gasteiger charge is 2.13. The Labute approximate surface area is 166 Å². The molecule has 0 aliphatic rings. The van der Waals surface area contributed by atoms with E-state index >= 15 is 0 Å². The second-order valence-corrected chi connectivity index (χ2v) is 7.17. The van der Waals surface area contributed by atoms with Gasteiger partial charge in [-0.15, -0.1) is 6.58 Å². The Morgan fingerprint density at radius 1 is 1.25 bits per heavy atom. The van der Waals surface area contributed by atoms with Gasteiger partial charge in [0, 0.05) is 17.9 Å². The van der Waals surface area contributed by atoms with Crippen molar-refractivity contribution >= 4 is 22.7 Å². The van der Waals surface area contributed by atoms with Crippen molar-refractivity contribution in [2.45, 2.75) is 24.4 Å². The van der Waals surface area contributed by atoms with Crippen LogP contribution in [0.3, 0.4) is 0 Å². The van der Waals surface area contributed by atoms with Gasteiger partial charge in [0.15, 0.2) is 5.16 Å². The van der Waals surface area contributed by atoms with Gasteiger partial charge in [0.1, 0.15) is 5.82 Å². The topological polar surface area (TPSA) is 64.3 Å². The SMILES string of the molecule is C=CCn1c(SC[C@H](O)COCc2ccccc2F)nc2ccccc2c1=O. The van der Waals surface area contributed by atoms with Crippen LogP contribution in [0.15, 0.2) is 71.1 Å². The molecule has 0 bridgehead atoms. The third-order valence-corrected chi connectivity index (χ3v) is 5.19. The Hall–Kier alpha value is -2.48. The minimum atomic E-state index is -0.780. The summed E-state index contributed by atoms with van der Waals surface area (Å²) >= 11 is 1.27. The summed E-state index contributed by atoms with van der Waals surface area (Å²) in [5.74, 6) is -0.0423. The fourth-order valence-corrected chi connectivity index (χ4v) is 3.60. The van der Waals surface area contributed by atoms with Crippen molar-refractivity contribution in [1.29, 1.82) is 0 Å². The van der Waals surface area contributed by atoms with Crippen molar-refractivity contribution in [1.82, 2.24) is 9.55 Å². The second kappa shape index (κ2) is 9.64. The molecule has 146 valence electrons. The third-order valence-electron chi connectivity index (χ3n) is 4.07. The van der Waals surface area contributed by atoms with Gasteiger partial charge in [-0.3, -0.25) is 9.36 Å². The van der Waals surface area contributed by atoms with Crippen molar-refractivity contribution < 1.29 is 14.2 Å². The minimum absolute atomic E-state index is 0.0562. The molecule has 0 aliphatic heterocycles. The number of halogens is 1. The first-order chi connectivity index (χ1) is 13.6. The molecule has 0 saturated heterocycles. The fraction of sp³-hybridized carbons (Fsp3) is 0.238. The molecule has 1 N–H and O–H groups in total. The summed E-state index contributed by atoms with van der Waals surface area (Å²) in [5.41, 5.74) is 0.914. The molecule has 3 aromatic rings. The monoisotopic (exact) mass is 400 g/mol. The molecule has 28 heavy (non-hydrogen) atoms. The lowest BCUT2D eigenvalue weighted by atomic mass is 10.2. The maximum Gasteiger partial charge on any atom is 0.262 e. The maximum atomic E-state index is 13.6.